The second-order valence-corrected chi connectivity index (χ2v) is 13.5. The summed E-state index contributed by atoms with van der Waals surface area (Å²) in [6.45, 7) is 4.72. The Hall–Kier alpha value is -6.20. The van der Waals surface area contributed by atoms with E-state index in [9.17, 15) is 0 Å². The first-order chi connectivity index (χ1) is 23.6. The van der Waals surface area contributed by atoms with Crippen LogP contribution in [0.4, 0.5) is 0 Å². The van der Waals surface area contributed by atoms with E-state index in [1.54, 1.807) is 0 Å². The summed E-state index contributed by atoms with van der Waals surface area (Å²) in [5, 5.41) is 7.35. The Morgan fingerprint density at radius 3 is 1.85 bits per heavy atom. The van der Waals surface area contributed by atoms with Crippen molar-refractivity contribution in [2.45, 2.75) is 19.3 Å². The fourth-order valence-electron chi connectivity index (χ4n) is 8.65. The van der Waals surface area contributed by atoms with Crippen LogP contribution in [0.15, 0.2) is 140 Å². The second kappa shape index (κ2) is 8.99. The minimum absolute atomic E-state index is 0.335. The number of aromatic nitrogens is 5. The fourth-order valence-corrected chi connectivity index (χ4v) is 8.65. The maximum absolute atomic E-state index is 4.98. The van der Waals surface area contributed by atoms with E-state index in [1.807, 2.05) is 18.5 Å². The zero-order valence-corrected chi connectivity index (χ0v) is 26.5. The van der Waals surface area contributed by atoms with Crippen LogP contribution >= 0.6 is 0 Å². The number of pyridine rings is 2. The maximum Gasteiger partial charge on any atom is 0.146 e. The van der Waals surface area contributed by atoms with Gasteiger partial charge in [0.1, 0.15) is 11.5 Å². The SMILES string of the molecule is CC1(C)c2cccnc2-n2c3ncccc3c3cc4c5cc6c7ccccc7n(-c7ccccc7)c6cc5n(-c5ccccc5)c4c1c32. The van der Waals surface area contributed by atoms with E-state index in [4.69, 9.17) is 9.97 Å². The molecule has 226 valence electrons. The quantitative estimate of drug-likeness (QED) is 0.194. The molecule has 0 aliphatic carbocycles. The van der Waals surface area contributed by atoms with Gasteiger partial charge in [0.2, 0.25) is 0 Å². The van der Waals surface area contributed by atoms with E-state index in [-0.39, 0.29) is 5.41 Å². The maximum atomic E-state index is 4.98. The predicted octanol–water partition coefficient (Wildman–Crippen LogP) is 10.4. The number of rotatable bonds is 2. The molecule has 0 N–H and O–H groups in total. The summed E-state index contributed by atoms with van der Waals surface area (Å²) in [5.74, 6) is 0.963. The van der Waals surface area contributed by atoms with Crippen molar-refractivity contribution in [2.24, 2.45) is 0 Å². The lowest BCUT2D eigenvalue weighted by Gasteiger charge is -2.34. The van der Waals surface area contributed by atoms with Crippen molar-refractivity contribution < 1.29 is 0 Å². The van der Waals surface area contributed by atoms with Gasteiger partial charge in [0.05, 0.1) is 27.6 Å². The number of benzene rings is 5. The van der Waals surface area contributed by atoms with Crippen molar-refractivity contribution >= 4 is 65.5 Å². The Bertz CT molecular complexity index is 2960. The summed E-state index contributed by atoms with van der Waals surface area (Å²) in [4.78, 5) is 9.92. The second-order valence-electron chi connectivity index (χ2n) is 13.5. The highest BCUT2D eigenvalue weighted by Crippen LogP contribution is 2.52. The van der Waals surface area contributed by atoms with Gasteiger partial charge in [0.25, 0.3) is 0 Å². The van der Waals surface area contributed by atoms with Crippen molar-refractivity contribution in [3.05, 3.63) is 151 Å². The van der Waals surface area contributed by atoms with E-state index in [0.717, 1.165) is 28.2 Å². The molecule has 0 fully saturated rings. The van der Waals surface area contributed by atoms with Crippen LogP contribution < -0.4 is 0 Å². The van der Waals surface area contributed by atoms with E-state index in [1.165, 1.54) is 65.6 Å². The molecule has 1 aliphatic rings. The molecule has 0 saturated carbocycles. The Kier molecular flexibility index (Phi) is 4.86. The van der Waals surface area contributed by atoms with Crippen molar-refractivity contribution in [3.63, 3.8) is 0 Å². The van der Waals surface area contributed by atoms with Gasteiger partial charge in [-0.15, -0.1) is 0 Å². The summed E-state index contributed by atoms with van der Waals surface area (Å²) in [6, 6.07) is 46.2. The van der Waals surface area contributed by atoms with Crippen LogP contribution in [0.2, 0.25) is 0 Å². The average molecular weight is 616 g/mol. The standard InChI is InChI=1S/C43H29N5/c1-43(2)34-19-12-22-45-42(34)48-40-32(29-18-11-21-44-41(29)48)24-33-31-23-30-28-17-9-10-20-35(28)46(26-13-5-3-6-14-26)36(30)25-37(31)47(39(33)38(40)43)27-15-7-4-8-16-27/h3-25H,1-2H3. The molecule has 1 aliphatic heterocycles. The summed E-state index contributed by atoms with van der Waals surface area (Å²) < 4.78 is 7.22. The molecule has 0 amide bonds. The normalized spacial score (nSPS) is 13.8. The average Bonchev–Trinajstić information content (AvgIpc) is 3.75. The molecule has 5 nitrogen and oxygen atoms in total. The third kappa shape index (κ3) is 3.11. The molecule has 5 heteroatoms. The van der Waals surface area contributed by atoms with Crippen LogP contribution in [-0.2, 0) is 5.41 Å². The molecule has 0 unspecified atom stereocenters. The first-order valence-electron chi connectivity index (χ1n) is 16.5. The third-order valence-electron chi connectivity index (χ3n) is 10.7. The number of para-hydroxylation sites is 3. The summed E-state index contributed by atoms with van der Waals surface area (Å²) in [6.07, 6.45) is 3.79. The molecule has 0 spiro atoms. The van der Waals surface area contributed by atoms with Gasteiger partial charge in [0, 0.05) is 72.6 Å². The van der Waals surface area contributed by atoms with E-state index >= 15 is 0 Å². The van der Waals surface area contributed by atoms with Gasteiger partial charge in [0.15, 0.2) is 0 Å². The van der Waals surface area contributed by atoms with Gasteiger partial charge in [-0.3, -0.25) is 4.57 Å². The lowest BCUT2D eigenvalue weighted by molar-refractivity contribution is 0.627. The Labute approximate surface area is 275 Å². The topological polar surface area (TPSA) is 40.6 Å². The first kappa shape index (κ1) is 25.9. The summed E-state index contributed by atoms with van der Waals surface area (Å²) in [5.41, 5.74) is 11.4. The molecule has 0 radical (unpaired) electrons. The number of nitrogens with zero attached hydrogens (tertiary/aromatic N) is 5. The van der Waals surface area contributed by atoms with Crippen molar-refractivity contribution in [1.82, 2.24) is 23.7 Å². The molecule has 48 heavy (non-hydrogen) atoms. The van der Waals surface area contributed by atoms with Gasteiger partial charge in [-0.05, 0) is 66.7 Å². The summed E-state index contributed by atoms with van der Waals surface area (Å²) in [7, 11) is 0. The Morgan fingerprint density at radius 1 is 0.458 bits per heavy atom. The zero-order valence-electron chi connectivity index (χ0n) is 26.5. The fraction of sp³-hybridized carbons (Fsp3) is 0.0698. The Morgan fingerprint density at radius 2 is 1.04 bits per heavy atom. The first-order valence-corrected chi connectivity index (χ1v) is 16.5. The van der Waals surface area contributed by atoms with Gasteiger partial charge in [-0.25, -0.2) is 9.97 Å². The third-order valence-corrected chi connectivity index (χ3v) is 10.7. The molecule has 0 atom stereocenters. The number of hydrogen-bond donors (Lipinski definition) is 0. The highest BCUT2D eigenvalue weighted by atomic mass is 15.1. The van der Waals surface area contributed by atoms with Crippen LogP contribution in [0.1, 0.15) is 25.0 Å². The van der Waals surface area contributed by atoms with Crippen LogP contribution in [0.3, 0.4) is 0 Å². The highest BCUT2D eigenvalue weighted by Gasteiger charge is 2.39. The van der Waals surface area contributed by atoms with E-state index in [2.05, 4.69) is 149 Å². The Balaban J connectivity index is 1.42. The molecule has 10 aromatic rings. The van der Waals surface area contributed by atoms with Crippen molar-refractivity contribution in [1.29, 1.82) is 0 Å². The minimum atomic E-state index is -0.335. The minimum Gasteiger partial charge on any atom is -0.309 e. The van der Waals surface area contributed by atoms with E-state index < -0.39 is 0 Å². The van der Waals surface area contributed by atoms with Crippen LogP contribution in [0.5, 0.6) is 0 Å². The number of hydrogen-bond acceptors (Lipinski definition) is 2. The molecule has 0 bridgehead atoms. The molecule has 11 rings (SSSR count). The largest absolute Gasteiger partial charge is 0.309 e. The lowest BCUT2D eigenvalue weighted by atomic mass is 9.74. The van der Waals surface area contributed by atoms with Crippen molar-refractivity contribution in [2.75, 3.05) is 0 Å². The van der Waals surface area contributed by atoms with Crippen LogP contribution in [0, 0.1) is 0 Å². The molecule has 5 aromatic carbocycles. The van der Waals surface area contributed by atoms with Crippen LogP contribution in [0.25, 0.3) is 82.7 Å². The molecule has 5 aromatic heterocycles. The molecular weight excluding hydrogens is 587 g/mol. The van der Waals surface area contributed by atoms with Gasteiger partial charge in [-0.1, -0.05) is 74.5 Å². The van der Waals surface area contributed by atoms with Crippen molar-refractivity contribution in [3.8, 4) is 17.2 Å². The zero-order chi connectivity index (χ0) is 31.7. The van der Waals surface area contributed by atoms with Crippen LogP contribution in [-0.4, -0.2) is 23.7 Å². The summed E-state index contributed by atoms with van der Waals surface area (Å²) >= 11 is 0. The van der Waals surface area contributed by atoms with E-state index in [0.29, 0.717) is 0 Å². The monoisotopic (exact) mass is 615 g/mol. The molecule has 6 heterocycles. The lowest BCUT2D eigenvalue weighted by Crippen LogP contribution is -2.28. The predicted molar refractivity (Wildman–Crippen MR) is 197 cm³/mol. The van der Waals surface area contributed by atoms with Gasteiger partial charge in [-0.2, -0.15) is 0 Å². The highest BCUT2D eigenvalue weighted by molar-refractivity contribution is 6.24. The molecular formula is C43H29N5. The smallest absolute Gasteiger partial charge is 0.146 e. The van der Waals surface area contributed by atoms with Gasteiger partial charge < -0.3 is 9.13 Å². The van der Waals surface area contributed by atoms with Gasteiger partial charge >= 0.3 is 0 Å². The number of fused-ring (bicyclic) bond motifs is 12. The molecule has 0 saturated heterocycles.